The summed E-state index contributed by atoms with van der Waals surface area (Å²) in [7, 11) is 0. The highest BCUT2D eigenvalue weighted by Crippen LogP contribution is 2.34. The van der Waals surface area contributed by atoms with E-state index in [0.29, 0.717) is 6.54 Å². The molecule has 1 aliphatic rings. The lowest BCUT2D eigenvalue weighted by molar-refractivity contribution is -0.118. The molecule has 2 rings (SSSR count). The van der Waals surface area contributed by atoms with Crippen LogP contribution in [0.3, 0.4) is 0 Å². The normalized spacial score (nSPS) is 19.4. The summed E-state index contributed by atoms with van der Waals surface area (Å²) in [4.78, 5) is 14.5. The number of hydrogen-bond acceptors (Lipinski definition) is 2. The molecule has 1 heterocycles. The average Bonchev–Trinajstić information content (AvgIpc) is 2.39. The highest BCUT2D eigenvalue weighted by molar-refractivity contribution is 5.98. The number of carbonyl (C=O) groups excluding carboxylic acids is 1. The van der Waals surface area contributed by atoms with Crippen molar-refractivity contribution in [3.05, 3.63) is 28.8 Å². The maximum Gasteiger partial charge on any atom is 0.241 e. The molecule has 1 fully saturated rings. The zero-order chi connectivity index (χ0) is 14.2. The molecule has 1 aliphatic heterocycles. The van der Waals surface area contributed by atoms with Gasteiger partial charge in [0.2, 0.25) is 5.91 Å². The van der Waals surface area contributed by atoms with E-state index in [1.54, 1.807) is 0 Å². The summed E-state index contributed by atoms with van der Waals surface area (Å²) >= 11 is 0. The van der Waals surface area contributed by atoms with Gasteiger partial charge in [0.05, 0.1) is 12.2 Å². The number of carbonyl (C=O) groups is 1. The van der Waals surface area contributed by atoms with Gasteiger partial charge in [-0.2, -0.15) is 0 Å². The van der Waals surface area contributed by atoms with E-state index < -0.39 is 0 Å². The molecule has 1 aromatic rings. The van der Waals surface area contributed by atoms with Crippen LogP contribution in [-0.4, -0.2) is 24.5 Å². The number of amides is 1. The van der Waals surface area contributed by atoms with Gasteiger partial charge in [-0.1, -0.05) is 17.7 Å². The van der Waals surface area contributed by atoms with Crippen molar-refractivity contribution >= 4 is 11.6 Å². The van der Waals surface area contributed by atoms with E-state index in [2.05, 4.69) is 52.1 Å². The summed E-state index contributed by atoms with van der Waals surface area (Å²) in [5, 5.41) is 3.21. The van der Waals surface area contributed by atoms with Gasteiger partial charge in [-0.25, -0.2) is 0 Å². The smallest absolute Gasteiger partial charge is 0.241 e. The standard InChI is InChI=1S/C16H24N2O/c1-11-8-12(2)15(13(3)9-11)18-14(19)10-17-7-6-16(18,4)5/h8-9,17H,6-7,10H2,1-5H3. The van der Waals surface area contributed by atoms with Crippen LogP contribution in [0, 0.1) is 20.8 Å². The Balaban J connectivity index is 2.57. The highest BCUT2D eigenvalue weighted by atomic mass is 16.2. The first kappa shape index (κ1) is 14.1. The second-order valence-corrected chi connectivity index (χ2v) is 6.22. The molecule has 0 aromatic heterocycles. The number of rotatable bonds is 1. The van der Waals surface area contributed by atoms with E-state index in [1.807, 2.05) is 4.90 Å². The summed E-state index contributed by atoms with van der Waals surface area (Å²) < 4.78 is 0. The lowest BCUT2D eigenvalue weighted by Crippen LogP contribution is -2.48. The van der Waals surface area contributed by atoms with Crippen LogP contribution in [0.15, 0.2) is 12.1 Å². The van der Waals surface area contributed by atoms with Crippen LogP contribution in [0.1, 0.15) is 37.0 Å². The van der Waals surface area contributed by atoms with Crippen molar-refractivity contribution in [1.82, 2.24) is 5.32 Å². The van der Waals surface area contributed by atoms with Gasteiger partial charge < -0.3 is 10.2 Å². The quantitative estimate of drug-likeness (QED) is 0.842. The third kappa shape index (κ3) is 2.66. The zero-order valence-corrected chi connectivity index (χ0v) is 12.6. The van der Waals surface area contributed by atoms with Gasteiger partial charge in [0.1, 0.15) is 0 Å². The van der Waals surface area contributed by atoms with Crippen LogP contribution in [0.4, 0.5) is 5.69 Å². The summed E-state index contributed by atoms with van der Waals surface area (Å²) in [5.74, 6) is 0.164. The van der Waals surface area contributed by atoms with Crippen LogP contribution < -0.4 is 10.2 Å². The van der Waals surface area contributed by atoms with Crippen LogP contribution in [-0.2, 0) is 4.79 Å². The van der Waals surface area contributed by atoms with Gasteiger partial charge in [-0.05, 0) is 58.7 Å². The molecular formula is C16H24N2O. The Morgan fingerprint density at radius 1 is 1.16 bits per heavy atom. The van der Waals surface area contributed by atoms with Gasteiger partial charge in [0, 0.05) is 5.54 Å². The Bertz CT molecular complexity index is 482. The fraction of sp³-hybridized carbons (Fsp3) is 0.562. The molecule has 3 heteroatoms. The number of nitrogens with one attached hydrogen (secondary N) is 1. The summed E-state index contributed by atoms with van der Waals surface area (Å²) in [5.41, 5.74) is 4.55. The van der Waals surface area contributed by atoms with Gasteiger partial charge in [-0.15, -0.1) is 0 Å². The number of hydrogen-bond donors (Lipinski definition) is 1. The molecule has 104 valence electrons. The highest BCUT2D eigenvalue weighted by Gasteiger charge is 2.35. The van der Waals surface area contributed by atoms with E-state index in [9.17, 15) is 4.79 Å². The van der Waals surface area contributed by atoms with E-state index >= 15 is 0 Å². The second kappa shape index (κ2) is 4.97. The maximum absolute atomic E-state index is 12.5. The van der Waals surface area contributed by atoms with E-state index in [1.165, 1.54) is 16.7 Å². The lowest BCUT2D eigenvalue weighted by atomic mass is 9.94. The predicted molar refractivity (Wildman–Crippen MR) is 79.7 cm³/mol. The van der Waals surface area contributed by atoms with Crippen molar-refractivity contribution in [3.63, 3.8) is 0 Å². The molecule has 3 nitrogen and oxygen atoms in total. The van der Waals surface area contributed by atoms with Crippen molar-refractivity contribution in [1.29, 1.82) is 0 Å². The lowest BCUT2D eigenvalue weighted by Gasteiger charge is -2.39. The first-order valence-corrected chi connectivity index (χ1v) is 6.94. The Morgan fingerprint density at radius 3 is 2.32 bits per heavy atom. The summed E-state index contributed by atoms with van der Waals surface area (Å²) in [6.45, 7) is 11.9. The Kier molecular flexibility index (Phi) is 3.68. The fourth-order valence-electron chi connectivity index (χ4n) is 3.07. The summed E-state index contributed by atoms with van der Waals surface area (Å²) in [6, 6.07) is 4.31. The van der Waals surface area contributed by atoms with Crippen molar-refractivity contribution in [2.45, 2.75) is 46.6 Å². The van der Waals surface area contributed by atoms with Crippen LogP contribution in [0.2, 0.25) is 0 Å². The molecule has 0 saturated carbocycles. The number of nitrogens with zero attached hydrogens (tertiary/aromatic N) is 1. The van der Waals surface area contributed by atoms with Gasteiger partial charge in [0.25, 0.3) is 0 Å². The van der Waals surface area contributed by atoms with Gasteiger partial charge in [0.15, 0.2) is 0 Å². The first-order valence-electron chi connectivity index (χ1n) is 6.94. The minimum atomic E-state index is -0.147. The molecule has 0 atom stereocenters. The maximum atomic E-state index is 12.5. The topological polar surface area (TPSA) is 32.3 Å². The second-order valence-electron chi connectivity index (χ2n) is 6.22. The minimum absolute atomic E-state index is 0.147. The number of benzene rings is 1. The van der Waals surface area contributed by atoms with Gasteiger partial charge in [-0.3, -0.25) is 4.79 Å². The molecule has 0 spiro atoms. The van der Waals surface area contributed by atoms with E-state index in [-0.39, 0.29) is 11.4 Å². The molecule has 1 amide bonds. The number of anilines is 1. The van der Waals surface area contributed by atoms with E-state index in [0.717, 1.165) is 18.7 Å². The molecule has 0 aliphatic carbocycles. The van der Waals surface area contributed by atoms with Crippen molar-refractivity contribution in [3.8, 4) is 0 Å². The fourth-order valence-corrected chi connectivity index (χ4v) is 3.07. The third-order valence-electron chi connectivity index (χ3n) is 3.90. The minimum Gasteiger partial charge on any atom is -0.308 e. The molecule has 1 aromatic carbocycles. The summed E-state index contributed by atoms with van der Waals surface area (Å²) in [6.07, 6.45) is 0.964. The molecule has 1 saturated heterocycles. The SMILES string of the molecule is Cc1cc(C)c(N2C(=O)CNCCC2(C)C)c(C)c1. The Hall–Kier alpha value is -1.35. The third-order valence-corrected chi connectivity index (χ3v) is 3.90. The predicted octanol–water partition coefficient (Wildman–Crippen LogP) is 2.72. The molecular weight excluding hydrogens is 236 g/mol. The van der Waals surface area contributed by atoms with Crippen LogP contribution in [0.5, 0.6) is 0 Å². The zero-order valence-electron chi connectivity index (χ0n) is 12.6. The van der Waals surface area contributed by atoms with Gasteiger partial charge >= 0.3 is 0 Å². The van der Waals surface area contributed by atoms with Crippen LogP contribution in [0.25, 0.3) is 0 Å². The molecule has 19 heavy (non-hydrogen) atoms. The van der Waals surface area contributed by atoms with Crippen molar-refractivity contribution in [2.75, 3.05) is 18.0 Å². The number of aryl methyl sites for hydroxylation is 3. The monoisotopic (exact) mass is 260 g/mol. The van der Waals surface area contributed by atoms with Crippen molar-refractivity contribution < 1.29 is 4.79 Å². The van der Waals surface area contributed by atoms with Crippen LogP contribution >= 0.6 is 0 Å². The van der Waals surface area contributed by atoms with E-state index in [4.69, 9.17) is 0 Å². The largest absolute Gasteiger partial charge is 0.308 e. The molecule has 0 radical (unpaired) electrons. The first-order chi connectivity index (χ1) is 8.83. The van der Waals surface area contributed by atoms with Crippen molar-refractivity contribution in [2.24, 2.45) is 0 Å². The molecule has 1 N–H and O–H groups in total. The Morgan fingerprint density at radius 2 is 1.74 bits per heavy atom. The average molecular weight is 260 g/mol. The molecule has 0 unspecified atom stereocenters. The molecule has 0 bridgehead atoms. The Labute approximate surface area is 116 Å².